The summed E-state index contributed by atoms with van der Waals surface area (Å²) >= 11 is 0. The van der Waals surface area contributed by atoms with Crippen LogP contribution in [-0.4, -0.2) is 18.6 Å². The van der Waals surface area contributed by atoms with Crippen LogP contribution in [0.1, 0.15) is 50.5 Å². The molecular weight excluding hydrogens is 263 g/mol. The molecule has 21 heavy (non-hydrogen) atoms. The molecule has 1 aromatic carbocycles. The third-order valence-corrected chi connectivity index (χ3v) is 5.14. The maximum atomic E-state index is 13.3. The van der Waals surface area contributed by atoms with Crippen LogP contribution in [0.3, 0.4) is 0 Å². The quantitative estimate of drug-likeness (QED) is 0.885. The molecule has 1 aliphatic carbocycles. The van der Waals surface area contributed by atoms with Crippen molar-refractivity contribution in [3.8, 4) is 0 Å². The number of piperidine rings is 1. The Morgan fingerprint density at radius 3 is 2.76 bits per heavy atom. The first-order chi connectivity index (χ1) is 10.3. The lowest BCUT2D eigenvalue weighted by molar-refractivity contribution is 0.181. The van der Waals surface area contributed by atoms with Gasteiger partial charge in [-0.1, -0.05) is 31.4 Å². The summed E-state index contributed by atoms with van der Waals surface area (Å²) in [6.07, 6.45) is 9.29. The van der Waals surface area contributed by atoms with E-state index in [2.05, 4.69) is 10.6 Å². The van der Waals surface area contributed by atoms with Gasteiger partial charge in [0.2, 0.25) is 0 Å². The Morgan fingerprint density at radius 1 is 1.10 bits per heavy atom. The smallest absolute Gasteiger partial charge is 0.123 e. The van der Waals surface area contributed by atoms with Gasteiger partial charge in [0, 0.05) is 18.6 Å². The molecular formula is C18H27FN2. The van der Waals surface area contributed by atoms with Gasteiger partial charge in [0.1, 0.15) is 5.82 Å². The maximum absolute atomic E-state index is 13.3. The Hall–Kier alpha value is -0.930. The van der Waals surface area contributed by atoms with Gasteiger partial charge in [-0.25, -0.2) is 4.39 Å². The number of hydrogen-bond donors (Lipinski definition) is 2. The molecule has 3 heteroatoms. The summed E-state index contributed by atoms with van der Waals surface area (Å²) in [4.78, 5) is 0. The van der Waals surface area contributed by atoms with Gasteiger partial charge in [-0.15, -0.1) is 0 Å². The lowest BCUT2D eigenvalue weighted by Gasteiger charge is -2.40. The van der Waals surface area contributed by atoms with Gasteiger partial charge in [-0.05, 0) is 55.8 Å². The van der Waals surface area contributed by atoms with Gasteiger partial charge in [-0.3, -0.25) is 0 Å². The van der Waals surface area contributed by atoms with Crippen molar-refractivity contribution in [1.29, 1.82) is 0 Å². The van der Waals surface area contributed by atoms with E-state index < -0.39 is 0 Å². The first kappa shape index (κ1) is 15.0. The van der Waals surface area contributed by atoms with Crippen LogP contribution < -0.4 is 10.6 Å². The predicted octanol–water partition coefficient (Wildman–Crippen LogP) is 3.62. The molecule has 1 saturated carbocycles. The minimum Gasteiger partial charge on any atom is -0.314 e. The molecule has 3 atom stereocenters. The Labute approximate surface area is 127 Å². The Kier molecular flexibility index (Phi) is 5.26. The van der Waals surface area contributed by atoms with E-state index >= 15 is 0 Å². The van der Waals surface area contributed by atoms with E-state index in [1.807, 2.05) is 6.07 Å². The average molecular weight is 290 g/mol. The van der Waals surface area contributed by atoms with Crippen LogP contribution in [0.15, 0.2) is 24.3 Å². The molecule has 1 aromatic rings. The summed E-state index contributed by atoms with van der Waals surface area (Å²) < 4.78 is 13.3. The summed E-state index contributed by atoms with van der Waals surface area (Å²) in [5.74, 6) is 0.607. The van der Waals surface area contributed by atoms with E-state index in [0.29, 0.717) is 12.1 Å². The van der Waals surface area contributed by atoms with Gasteiger partial charge in [0.05, 0.1) is 0 Å². The van der Waals surface area contributed by atoms with Gasteiger partial charge in [-0.2, -0.15) is 0 Å². The fourth-order valence-corrected chi connectivity index (χ4v) is 4.03. The minimum absolute atomic E-state index is 0.136. The third-order valence-electron chi connectivity index (χ3n) is 5.14. The van der Waals surface area contributed by atoms with Crippen LogP contribution >= 0.6 is 0 Å². The molecule has 3 rings (SSSR count). The molecule has 0 amide bonds. The maximum Gasteiger partial charge on any atom is 0.123 e. The molecule has 1 heterocycles. The molecule has 3 unspecified atom stereocenters. The van der Waals surface area contributed by atoms with Crippen molar-refractivity contribution in [1.82, 2.24) is 10.6 Å². The standard InChI is InChI=1S/C18H27FN2/c19-15-7-5-6-14(12-15)13-21-18-9-2-1-8-16(18)17-10-3-4-11-20-17/h5-7,12,16-18,20-21H,1-4,8-11,13H2. The first-order valence-corrected chi connectivity index (χ1v) is 8.54. The summed E-state index contributed by atoms with van der Waals surface area (Å²) in [5.41, 5.74) is 1.05. The van der Waals surface area contributed by atoms with Crippen LogP contribution in [0, 0.1) is 11.7 Å². The lowest BCUT2D eigenvalue weighted by atomic mass is 9.77. The largest absolute Gasteiger partial charge is 0.314 e. The summed E-state index contributed by atoms with van der Waals surface area (Å²) in [7, 11) is 0. The van der Waals surface area contributed by atoms with Crippen molar-refractivity contribution in [3.05, 3.63) is 35.6 Å². The molecule has 0 aromatic heterocycles. The molecule has 116 valence electrons. The van der Waals surface area contributed by atoms with E-state index in [4.69, 9.17) is 0 Å². The molecule has 2 aliphatic rings. The highest BCUT2D eigenvalue weighted by molar-refractivity contribution is 5.16. The van der Waals surface area contributed by atoms with Gasteiger partial charge < -0.3 is 10.6 Å². The Morgan fingerprint density at radius 2 is 1.95 bits per heavy atom. The molecule has 0 radical (unpaired) electrons. The average Bonchev–Trinajstić information content (AvgIpc) is 2.54. The van der Waals surface area contributed by atoms with E-state index in [9.17, 15) is 4.39 Å². The second-order valence-electron chi connectivity index (χ2n) is 6.62. The van der Waals surface area contributed by atoms with Crippen molar-refractivity contribution in [2.24, 2.45) is 5.92 Å². The second kappa shape index (κ2) is 7.37. The zero-order chi connectivity index (χ0) is 14.5. The minimum atomic E-state index is -0.136. The molecule has 0 spiro atoms. The van der Waals surface area contributed by atoms with E-state index in [1.165, 1.54) is 57.6 Å². The first-order valence-electron chi connectivity index (χ1n) is 8.54. The predicted molar refractivity (Wildman–Crippen MR) is 84.6 cm³/mol. The number of halogens is 1. The monoisotopic (exact) mass is 290 g/mol. The van der Waals surface area contributed by atoms with E-state index in [1.54, 1.807) is 12.1 Å². The molecule has 0 bridgehead atoms. The van der Waals surface area contributed by atoms with Crippen molar-refractivity contribution in [2.45, 2.75) is 63.6 Å². The summed E-state index contributed by atoms with van der Waals surface area (Å²) in [6, 6.07) is 8.23. The molecule has 2 N–H and O–H groups in total. The summed E-state index contributed by atoms with van der Waals surface area (Å²) in [6.45, 7) is 1.96. The highest BCUT2D eigenvalue weighted by atomic mass is 19.1. The normalized spacial score (nSPS) is 30.2. The number of rotatable bonds is 4. The molecule has 2 nitrogen and oxygen atoms in total. The topological polar surface area (TPSA) is 24.1 Å². The molecule has 2 fully saturated rings. The van der Waals surface area contributed by atoms with Crippen molar-refractivity contribution in [2.75, 3.05) is 6.54 Å². The highest BCUT2D eigenvalue weighted by Crippen LogP contribution is 2.30. The van der Waals surface area contributed by atoms with Crippen LogP contribution in [-0.2, 0) is 6.54 Å². The third kappa shape index (κ3) is 4.04. The second-order valence-corrected chi connectivity index (χ2v) is 6.62. The zero-order valence-electron chi connectivity index (χ0n) is 12.8. The Balaban J connectivity index is 1.58. The van der Waals surface area contributed by atoms with Crippen LogP contribution in [0.25, 0.3) is 0 Å². The number of nitrogens with one attached hydrogen (secondary N) is 2. The van der Waals surface area contributed by atoms with Gasteiger partial charge in [0.15, 0.2) is 0 Å². The van der Waals surface area contributed by atoms with E-state index in [0.717, 1.165) is 18.0 Å². The fraction of sp³-hybridized carbons (Fsp3) is 0.667. The van der Waals surface area contributed by atoms with Crippen LogP contribution in [0.4, 0.5) is 4.39 Å². The number of benzene rings is 1. The fourth-order valence-electron chi connectivity index (χ4n) is 4.03. The SMILES string of the molecule is Fc1cccc(CNC2CCCCC2C2CCCCN2)c1. The summed E-state index contributed by atoms with van der Waals surface area (Å²) in [5, 5.41) is 7.43. The highest BCUT2D eigenvalue weighted by Gasteiger charge is 2.31. The lowest BCUT2D eigenvalue weighted by Crippen LogP contribution is -2.50. The van der Waals surface area contributed by atoms with Crippen LogP contribution in [0.2, 0.25) is 0 Å². The van der Waals surface area contributed by atoms with Crippen molar-refractivity contribution in [3.63, 3.8) is 0 Å². The van der Waals surface area contributed by atoms with Crippen molar-refractivity contribution >= 4 is 0 Å². The number of hydrogen-bond acceptors (Lipinski definition) is 2. The van der Waals surface area contributed by atoms with Crippen molar-refractivity contribution < 1.29 is 4.39 Å². The van der Waals surface area contributed by atoms with Crippen LogP contribution in [0.5, 0.6) is 0 Å². The van der Waals surface area contributed by atoms with Gasteiger partial charge >= 0.3 is 0 Å². The van der Waals surface area contributed by atoms with E-state index in [-0.39, 0.29) is 5.82 Å². The Bertz CT molecular complexity index is 443. The molecule has 1 saturated heterocycles. The zero-order valence-corrected chi connectivity index (χ0v) is 12.8. The van der Waals surface area contributed by atoms with Gasteiger partial charge in [0.25, 0.3) is 0 Å². The molecule has 1 aliphatic heterocycles.